The second kappa shape index (κ2) is 8.16. The smallest absolute Gasteiger partial charge is 0.244 e. The van der Waals surface area contributed by atoms with Crippen LogP contribution in [0.15, 0.2) is 59.2 Å². The molecule has 0 radical (unpaired) electrons. The lowest BCUT2D eigenvalue weighted by Crippen LogP contribution is -2.40. The highest BCUT2D eigenvalue weighted by Crippen LogP contribution is 2.41. The van der Waals surface area contributed by atoms with Gasteiger partial charge in [0.05, 0.1) is 22.3 Å². The summed E-state index contributed by atoms with van der Waals surface area (Å²) in [5, 5.41) is 2.59. The molecule has 4 rings (SSSR count). The molecule has 2 heterocycles. The van der Waals surface area contributed by atoms with Crippen LogP contribution in [0.1, 0.15) is 18.5 Å². The lowest BCUT2D eigenvalue weighted by molar-refractivity contribution is -0.122. The zero-order chi connectivity index (χ0) is 21.4. The zero-order valence-electron chi connectivity index (χ0n) is 15.8. The summed E-state index contributed by atoms with van der Waals surface area (Å²) in [5.41, 5.74) is 3.18. The molecule has 2 amide bonds. The maximum absolute atomic E-state index is 13.7. The van der Waals surface area contributed by atoms with E-state index in [9.17, 15) is 14.0 Å². The molecule has 1 aromatic heterocycles. The second-order valence-corrected chi connectivity index (χ2v) is 8.24. The van der Waals surface area contributed by atoms with Gasteiger partial charge in [0.2, 0.25) is 11.8 Å². The van der Waals surface area contributed by atoms with Crippen LogP contribution in [0.5, 0.6) is 0 Å². The van der Waals surface area contributed by atoms with E-state index < -0.39 is 17.6 Å². The number of rotatable bonds is 3. The summed E-state index contributed by atoms with van der Waals surface area (Å²) in [4.78, 5) is 31.9. The average Bonchev–Trinajstić information content (AvgIpc) is 2.80. The van der Waals surface area contributed by atoms with Gasteiger partial charge in [-0.15, -0.1) is 0 Å². The van der Waals surface area contributed by atoms with Crippen molar-refractivity contribution in [3.8, 4) is 11.1 Å². The lowest BCUT2D eigenvalue weighted by Gasteiger charge is -2.24. The Hall–Kier alpha value is -2.77. The van der Waals surface area contributed by atoms with E-state index in [0.717, 1.165) is 21.7 Å². The highest BCUT2D eigenvalue weighted by molar-refractivity contribution is 9.10. The van der Waals surface area contributed by atoms with Gasteiger partial charge in [-0.3, -0.25) is 14.6 Å². The molecule has 0 bridgehead atoms. The van der Waals surface area contributed by atoms with Crippen molar-refractivity contribution >= 4 is 50.7 Å². The summed E-state index contributed by atoms with van der Waals surface area (Å²) in [6, 6.07) is 13.3. The van der Waals surface area contributed by atoms with Gasteiger partial charge in [-0.05, 0) is 43.3 Å². The van der Waals surface area contributed by atoms with E-state index in [1.165, 1.54) is 17.0 Å². The van der Waals surface area contributed by atoms with Crippen LogP contribution < -0.4 is 10.2 Å². The Labute approximate surface area is 186 Å². The fourth-order valence-corrected chi connectivity index (χ4v) is 3.96. The Morgan fingerprint density at radius 2 is 2.03 bits per heavy atom. The number of benzene rings is 2. The molecule has 1 aliphatic rings. The molecule has 152 valence electrons. The van der Waals surface area contributed by atoms with E-state index in [2.05, 4.69) is 26.2 Å². The first-order chi connectivity index (χ1) is 14.3. The third-order valence-electron chi connectivity index (χ3n) is 4.93. The average molecular weight is 489 g/mol. The van der Waals surface area contributed by atoms with Gasteiger partial charge in [0.25, 0.3) is 0 Å². The minimum absolute atomic E-state index is 0.0337. The van der Waals surface area contributed by atoms with Gasteiger partial charge in [-0.2, -0.15) is 0 Å². The number of nitrogens with one attached hydrogen (secondary N) is 1. The Bertz CT molecular complexity index is 1170. The first kappa shape index (κ1) is 20.5. The summed E-state index contributed by atoms with van der Waals surface area (Å²) in [7, 11) is 0. The predicted octanol–water partition coefficient (Wildman–Crippen LogP) is 5.39. The number of anilines is 2. The van der Waals surface area contributed by atoms with E-state index in [0.29, 0.717) is 11.4 Å². The molecule has 0 saturated heterocycles. The molecule has 1 N–H and O–H groups in total. The van der Waals surface area contributed by atoms with Crippen LogP contribution in [0.2, 0.25) is 5.02 Å². The summed E-state index contributed by atoms with van der Waals surface area (Å²) >= 11 is 9.14. The molecule has 2 aromatic carbocycles. The number of hydrogen-bond donors (Lipinski definition) is 1. The largest absolute Gasteiger partial charge is 0.324 e. The van der Waals surface area contributed by atoms with Crippen molar-refractivity contribution in [2.45, 2.75) is 12.8 Å². The third-order valence-corrected chi connectivity index (χ3v) is 5.73. The predicted molar refractivity (Wildman–Crippen MR) is 118 cm³/mol. The van der Waals surface area contributed by atoms with E-state index >= 15 is 0 Å². The molecule has 8 heteroatoms. The van der Waals surface area contributed by atoms with E-state index in [4.69, 9.17) is 11.6 Å². The lowest BCUT2D eigenvalue weighted by atomic mass is 9.97. The van der Waals surface area contributed by atoms with Gasteiger partial charge in [-0.25, -0.2) is 4.39 Å². The van der Waals surface area contributed by atoms with Crippen LogP contribution in [0.25, 0.3) is 11.1 Å². The van der Waals surface area contributed by atoms with Crippen molar-refractivity contribution < 1.29 is 14.0 Å². The number of carbonyl (C=O) groups excluding carboxylic acids is 2. The highest BCUT2D eigenvalue weighted by atomic mass is 79.9. The van der Waals surface area contributed by atoms with Crippen molar-refractivity contribution in [3.63, 3.8) is 0 Å². The molecule has 0 spiro atoms. The quantitative estimate of drug-likeness (QED) is 0.537. The fourth-order valence-electron chi connectivity index (χ4n) is 3.50. The Morgan fingerprint density at radius 3 is 2.80 bits per heavy atom. The standard InChI is InChI=1S/C22H16BrClFN3O2/c1-12-21-16(3-2-8-26-21)15-6-4-13(23)9-19(15)28(22(12)30)11-20(29)27-14-5-7-17(24)18(25)10-14/h2-10,12H,11H2,1H3,(H,27,29). The monoisotopic (exact) mass is 487 g/mol. The summed E-state index contributed by atoms with van der Waals surface area (Å²) in [6.45, 7) is 1.54. The number of halogens is 3. The number of pyridine rings is 1. The van der Waals surface area contributed by atoms with Gasteiger partial charge in [0.15, 0.2) is 0 Å². The van der Waals surface area contributed by atoms with Crippen molar-refractivity contribution in [1.29, 1.82) is 0 Å². The molecule has 1 aliphatic heterocycles. The van der Waals surface area contributed by atoms with Crippen molar-refractivity contribution in [1.82, 2.24) is 4.98 Å². The minimum atomic E-state index is -0.635. The first-order valence-corrected chi connectivity index (χ1v) is 10.3. The SMILES string of the molecule is CC1C(=O)N(CC(=O)Nc2ccc(Cl)c(F)c2)c2cc(Br)ccc2-c2cccnc21. The van der Waals surface area contributed by atoms with Crippen LogP contribution in [0.3, 0.4) is 0 Å². The molecule has 30 heavy (non-hydrogen) atoms. The third kappa shape index (κ3) is 3.82. The topological polar surface area (TPSA) is 62.3 Å². The van der Waals surface area contributed by atoms with Crippen LogP contribution in [-0.4, -0.2) is 23.3 Å². The Morgan fingerprint density at radius 1 is 1.23 bits per heavy atom. The Balaban J connectivity index is 1.70. The van der Waals surface area contributed by atoms with Crippen molar-refractivity contribution in [3.05, 3.63) is 75.7 Å². The molecule has 0 aliphatic carbocycles. The van der Waals surface area contributed by atoms with Gasteiger partial charge in [-0.1, -0.05) is 39.7 Å². The first-order valence-electron chi connectivity index (χ1n) is 9.16. The maximum atomic E-state index is 13.7. The van der Waals surface area contributed by atoms with E-state index in [-0.39, 0.29) is 23.2 Å². The molecule has 5 nitrogen and oxygen atoms in total. The van der Waals surface area contributed by atoms with Crippen molar-refractivity contribution in [2.24, 2.45) is 0 Å². The van der Waals surface area contributed by atoms with Crippen LogP contribution in [-0.2, 0) is 9.59 Å². The van der Waals surface area contributed by atoms with Gasteiger partial charge >= 0.3 is 0 Å². The van der Waals surface area contributed by atoms with E-state index in [1.54, 1.807) is 19.2 Å². The summed E-state index contributed by atoms with van der Waals surface area (Å²) in [5.74, 6) is -1.87. The minimum Gasteiger partial charge on any atom is -0.324 e. The molecule has 3 aromatic rings. The number of hydrogen-bond acceptors (Lipinski definition) is 3. The molecule has 0 saturated carbocycles. The zero-order valence-corrected chi connectivity index (χ0v) is 18.2. The number of aromatic nitrogens is 1. The fraction of sp³-hybridized carbons (Fsp3) is 0.136. The summed E-state index contributed by atoms with van der Waals surface area (Å²) < 4.78 is 14.5. The van der Waals surface area contributed by atoms with Gasteiger partial charge in [0, 0.05) is 27.5 Å². The number of amides is 2. The molecule has 0 fully saturated rings. The second-order valence-electron chi connectivity index (χ2n) is 6.92. The van der Waals surface area contributed by atoms with Crippen molar-refractivity contribution in [2.75, 3.05) is 16.8 Å². The van der Waals surface area contributed by atoms with Crippen LogP contribution in [0.4, 0.5) is 15.8 Å². The normalized spacial score (nSPS) is 15.3. The summed E-state index contributed by atoms with van der Waals surface area (Å²) in [6.07, 6.45) is 1.65. The molecular formula is C22H16BrClFN3O2. The number of carbonyl (C=O) groups is 2. The highest BCUT2D eigenvalue weighted by Gasteiger charge is 2.33. The maximum Gasteiger partial charge on any atom is 0.244 e. The van der Waals surface area contributed by atoms with Gasteiger partial charge in [0.1, 0.15) is 12.4 Å². The van der Waals surface area contributed by atoms with Gasteiger partial charge < -0.3 is 10.2 Å². The number of fused-ring (bicyclic) bond motifs is 3. The molecule has 1 atom stereocenters. The van der Waals surface area contributed by atoms with Crippen LogP contribution >= 0.6 is 27.5 Å². The number of nitrogens with zero attached hydrogens (tertiary/aromatic N) is 2. The molecule has 1 unspecified atom stereocenters. The molecular weight excluding hydrogens is 473 g/mol. The van der Waals surface area contributed by atoms with Crippen LogP contribution in [0, 0.1) is 5.82 Å². The van der Waals surface area contributed by atoms with E-state index in [1.807, 2.05) is 24.3 Å². The Kier molecular flexibility index (Phi) is 5.58.